The summed E-state index contributed by atoms with van der Waals surface area (Å²) in [6.07, 6.45) is 0.460. The number of hydrogen-bond acceptors (Lipinski definition) is 5. The molecule has 0 spiro atoms. The van der Waals surface area contributed by atoms with E-state index in [9.17, 15) is 9.59 Å². The van der Waals surface area contributed by atoms with Crippen LogP contribution in [0.4, 0.5) is 5.13 Å². The molecule has 0 saturated carbocycles. The van der Waals surface area contributed by atoms with Crippen LogP contribution in [0.3, 0.4) is 0 Å². The number of benzene rings is 2. The van der Waals surface area contributed by atoms with Crippen molar-refractivity contribution in [2.24, 2.45) is 0 Å². The van der Waals surface area contributed by atoms with Crippen LogP contribution in [0.5, 0.6) is 0 Å². The van der Waals surface area contributed by atoms with Crippen molar-refractivity contribution in [1.29, 1.82) is 0 Å². The van der Waals surface area contributed by atoms with E-state index in [1.165, 1.54) is 17.4 Å². The van der Waals surface area contributed by atoms with Crippen molar-refractivity contribution in [2.45, 2.75) is 6.42 Å². The number of nitrogens with one attached hydrogen (secondary N) is 2. The third kappa shape index (κ3) is 5.20. The molecule has 28 heavy (non-hydrogen) atoms. The second-order valence-corrected chi connectivity index (χ2v) is 7.88. The van der Waals surface area contributed by atoms with Gasteiger partial charge >= 0.3 is 0 Å². The Balaban J connectivity index is 1.54. The smallest absolute Gasteiger partial charge is 0.259 e. The van der Waals surface area contributed by atoms with E-state index in [-0.39, 0.29) is 16.5 Å². The van der Waals surface area contributed by atoms with E-state index in [1.807, 2.05) is 0 Å². The molecule has 3 aromatic rings. The molecule has 0 saturated heterocycles. The van der Waals surface area contributed by atoms with E-state index in [2.05, 4.69) is 20.8 Å². The van der Waals surface area contributed by atoms with Gasteiger partial charge in [0.15, 0.2) is 0 Å². The maximum absolute atomic E-state index is 12.3. The topological polar surface area (TPSA) is 84.0 Å². The van der Waals surface area contributed by atoms with Crippen LogP contribution in [0, 0.1) is 0 Å². The Bertz CT molecular complexity index is 1030. The fraction of sp³-hybridized carbons (Fsp3) is 0.111. The Morgan fingerprint density at radius 1 is 0.929 bits per heavy atom. The third-order valence-corrected chi connectivity index (χ3v) is 5.40. The second kappa shape index (κ2) is 9.34. The zero-order valence-electron chi connectivity index (χ0n) is 14.2. The third-order valence-electron chi connectivity index (χ3n) is 3.60. The largest absolute Gasteiger partial charge is 0.352 e. The minimum absolute atomic E-state index is 0.248. The molecule has 1 aromatic heterocycles. The monoisotopic (exact) mass is 454 g/mol. The summed E-state index contributed by atoms with van der Waals surface area (Å²) in [4.78, 5) is 24.4. The van der Waals surface area contributed by atoms with Crippen molar-refractivity contribution < 1.29 is 9.59 Å². The van der Waals surface area contributed by atoms with Crippen LogP contribution in [-0.4, -0.2) is 28.6 Å². The summed E-state index contributed by atoms with van der Waals surface area (Å²) in [6, 6.07) is 11.4. The molecule has 0 bridgehead atoms. The molecule has 2 aromatic carbocycles. The average molecular weight is 456 g/mol. The molecule has 144 valence electrons. The SMILES string of the molecule is O=C(NCCc1nnc(NC(=O)c2cc(Cl)ccc2Cl)s1)c1ccccc1Cl. The maximum atomic E-state index is 12.3. The van der Waals surface area contributed by atoms with Crippen LogP contribution in [0.15, 0.2) is 42.5 Å². The highest BCUT2D eigenvalue weighted by Gasteiger charge is 2.14. The van der Waals surface area contributed by atoms with Gasteiger partial charge in [0.1, 0.15) is 5.01 Å². The predicted octanol–water partition coefficient (Wildman–Crippen LogP) is 4.72. The summed E-state index contributed by atoms with van der Waals surface area (Å²) in [6.45, 7) is 0.354. The second-order valence-electron chi connectivity index (χ2n) is 5.56. The van der Waals surface area contributed by atoms with Crippen molar-refractivity contribution in [1.82, 2.24) is 15.5 Å². The molecule has 2 amide bonds. The van der Waals surface area contributed by atoms with Gasteiger partial charge in [0.05, 0.1) is 21.2 Å². The number of rotatable bonds is 6. The first-order valence-electron chi connectivity index (χ1n) is 8.05. The highest BCUT2D eigenvalue weighted by Crippen LogP contribution is 2.23. The van der Waals surface area contributed by atoms with Crippen LogP contribution < -0.4 is 10.6 Å². The van der Waals surface area contributed by atoms with E-state index < -0.39 is 5.91 Å². The first kappa shape index (κ1) is 20.5. The Morgan fingerprint density at radius 3 is 2.46 bits per heavy atom. The highest BCUT2D eigenvalue weighted by molar-refractivity contribution is 7.15. The Kier molecular flexibility index (Phi) is 6.85. The minimum Gasteiger partial charge on any atom is -0.352 e. The summed E-state index contributed by atoms with van der Waals surface area (Å²) >= 11 is 19.1. The van der Waals surface area contributed by atoms with E-state index in [0.717, 1.165) is 0 Å². The van der Waals surface area contributed by atoms with E-state index in [0.29, 0.717) is 38.7 Å². The molecule has 0 unspecified atom stereocenters. The molecular weight excluding hydrogens is 443 g/mol. The summed E-state index contributed by atoms with van der Waals surface area (Å²) < 4.78 is 0. The van der Waals surface area contributed by atoms with Crippen molar-refractivity contribution in [3.05, 3.63) is 73.7 Å². The van der Waals surface area contributed by atoms with Crippen LogP contribution in [0.2, 0.25) is 15.1 Å². The molecule has 0 aliphatic heterocycles. The molecule has 2 N–H and O–H groups in total. The fourth-order valence-corrected chi connectivity index (χ4v) is 3.60. The molecule has 6 nitrogen and oxygen atoms in total. The first-order chi connectivity index (χ1) is 13.4. The zero-order chi connectivity index (χ0) is 20.1. The van der Waals surface area contributed by atoms with Gasteiger partial charge in [-0.1, -0.05) is 58.3 Å². The summed E-state index contributed by atoms with van der Waals surface area (Å²) in [5, 5.41) is 15.4. The molecule has 0 aliphatic carbocycles. The van der Waals surface area contributed by atoms with Crippen LogP contribution in [0.1, 0.15) is 25.7 Å². The quantitative estimate of drug-likeness (QED) is 0.563. The number of halogens is 3. The van der Waals surface area contributed by atoms with Crippen LogP contribution in [-0.2, 0) is 6.42 Å². The molecule has 0 atom stereocenters. The molecule has 0 fully saturated rings. The average Bonchev–Trinajstić information content (AvgIpc) is 3.11. The highest BCUT2D eigenvalue weighted by atomic mass is 35.5. The first-order valence-corrected chi connectivity index (χ1v) is 10.0. The van der Waals surface area contributed by atoms with Crippen molar-refractivity contribution in [2.75, 3.05) is 11.9 Å². The van der Waals surface area contributed by atoms with Gasteiger partial charge in [-0.2, -0.15) is 0 Å². The molecule has 1 heterocycles. The van der Waals surface area contributed by atoms with Gasteiger partial charge in [-0.05, 0) is 30.3 Å². The van der Waals surface area contributed by atoms with Crippen LogP contribution in [0.25, 0.3) is 0 Å². The number of amides is 2. The summed E-state index contributed by atoms with van der Waals surface area (Å²) in [7, 11) is 0. The van der Waals surface area contributed by atoms with Crippen molar-refractivity contribution in [3.63, 3.8) is 0 Å². The lowest BCUT2D eigenvalue weighted by molar-refractivity contribution is 0.0953. The van der Waals surface area contributed by atoms with Crippen molar-refractivity contribution >= 4 is 63.1 Å². The zero-order valence-corrected chi connectivity index (χ0v) is 17.3. The van der Waals surface area contributed by atoms with E-state index >= 15 is 0 Å². The molecule has 3 rings (SSSR count). The van der Waals surface area contributed by atoms with Crippen molar-refractivity contribution in [3.8, 4) is 0 Å². The van der Waals surface area contributed by atoms with Crippen LogP contribution >= 0.6 is 46.1 Å². The Hall–Kier alpha value is -2.19. The number of anilines is 1. The number of carbonyl (C=O) groups is 2. The molecule has 0 aliphatic rings. The molecule has 10 heteroatoms. The molecular formula is C18H13Cl3N4O2S. The van der Waals surface area contributed by atoms with E-state index in [1.54, 1.807) is 36.4 Å². The van der Waals surface area contributed by atoms with Gasteiger partial charge in [-0.15, -0.1) is 10.2 Å². The fourth-order valence-electron chi connectivity index (χ4n) is 2.26. The minimum atomic E-state index is -0.428. The summed E-state index contributed by atoms with van der Waals surface area (Å²) in [5.74, 6) is -0.693. The number of carbonyl (C=O) groups excluding carboxylic acids is 2. The Labute approximate surface area is 179 Å². The number of aromatic nitrogens is 2. The van der Waals surface area contributed by atoms with Gasteiger partial charge in [0.25, 0.3) is 11.8 Å². The van der Waals surface area contributed by atoms with Gasteiger partial charge in [0, 0.05) is 18.0 Å². The standard InChI is InChI=1S/C18H13Cl3N4O2S/c19-10-5-6-14(21)12(9-10)17(27)23-18-25-24-15(28-18)7-8-22-16(26)11-3-1-2-4-13(11)20/h1-6,9H,7-8H2,(H,22,26)(H,23,25,27). The van der Waals surface area contributed by atoms with Gasteiger partial charge in [-0.25, -0.2) is 0 Å². The predicted molar refractivity (Wildman–Crippen MR) is 112 cm³/mol. The lowest BCUT2D eigenvalue weighted by atomic mass is 10.2. The maximum Gasteiger partial charge on any atom is 0.259 e. The van der Waals surface area contributed by atoms with Gasteiger partial charge < -0.3 is 5.32 Å². The normalized spacial score (nSPS) is 10.5. The van der Waals surface area contributed by atoms with E-state index in [4.69, 9.17) is 34.8 Å². The lowest BCUT2D eigenvalue weighted by Crippen LogP contribution is -2.25. The summed E-state index contributed by atoms with van der Waals surface area (Å²) in [5.41, 5.74) is 0.658. The lowest BCUT2D eigenvalue weighted by Gasteiger charge is -2.05. The number of nitrogens with zero attached hydrogens (tertiary/aromatic N) is 2. The number of hydrogen-bond donors (Lipinski definition) is 2. The molecule has 0 radical (unpaired) electrons. The van der Waals surface area contributed by atoms with Gasteiger partial charge in [-0.3, -0.25) is 14.9 Å². The Morgan fingerprint density at radius 2 is 1.68 bits per heavy atom. The van der Waals surface area contributed by atoms with Gasteiger partial charge in [0.2, 0.25) is 5.13 Å².